The number of carbonyl (C=O) groups is 1. The summed E-state index contributed by atoms with van der Waals surface area (Å²) in [6.45, 7) is 5.72. The Morgan fingerprint density at radius 2 is 2.13 bits per heavy atom. The number of hydrogen-bond acceptors (Lipinski definition) is 5. The third-order valence-electron chi connectivity index (χ3n) is 6.83. The number of benzene rings is 1. The van der Waals surface area contributed by atoms with E-state index in [9.17, 15) is 4.79 Å². The zero-order chi connectivity index (χ0) is 21.2. The van der Waals surface area contributed by atoms with Gasteiger partial charge in [0, 0.05) is 73.5 Å². The van der Waals surface area contributed by atoms with E-state index >= 15 is 0 Å². The molecule has 160 valence electrons. The van der Waals surface area contributed by atoms with Gasteiger partial charge < -0.3 is 15.5 Å². The quantitative estimate of drug-likeness (QED) is 0.670. The van der Waals surface area contributed by atoms with Gasteiger partial charge in [-0.1, -0.05) is 0 Å². The summed E-state index contributed by atoms with van der Waals surface area (Å²) in [6.07, 6.45) is 7.16. The van der Waals surface area contributed by atoms with Crippen LogP contribution >= 0.6 is 0 Å². The van der Waals surface area contributed by atoms with Crippen molar-refractivity contribution in [3.8, 4) is 0 Å². The molecule has 6 rings (SSSR count). The molecular weight excluding hydrogens is 390 g/mol. The number of anilines is 3. The van der Waals surface area contributed by atoms with Crippen LogP contribution in [0.5, 0.6) is 0 Å². The monoisotopic (exact) mass is 417 g/mol. The zero-order valence-corrected chi connectivity index (χ0v) is 18.0. The second kappa shape index (κ2) is 6.68. The maximum atomic E-state index is 13.2. The molecule has 0 radical (unpaired) electrons. The number of amides is 2. The summed E-state index contributed by atoms with van der Waals surface area (Å²) in [7, 11) is 1.91. The lowest BCUT2D eigenvalue weighted by atomic mass is 10.1. The van der Waals surface area contributed by atoms with E-state index in [0.29, 0.717) is 12.1 Å². The van der Waals surface area contributed by atoms with Gasteiger partial charge in [0.15, 0.2) is 0 Å². The summed E-state index contributed by atoms with van der Waals surface area (Å²) in [5, 5.41) is 12.3. The SMILES string of the molecule is Cc1cc(NC(=O)N2CCc3c(N4CCNC5(CC5)C4)ccnc32)cc2cn(C)nc12. The smallest absolute Gasteiger partial charge is 0.327 e. The Hall–Kier alpha value is -3.13. The van der Waals surface area contributed by atoms with Crippen molar-refractivity contribution in [2.45, 2.75) is 31.7 Å². The number of fused-ring (bicyclic) bond motifs is 2. The van der Waals surface area contributed by atoms with E-state index in [1.807, 2.05) is 38.5 Å². The van der Waals surface area contributed by atoms with Crippen LogP contribution in [0.25, 0.3) is 10.9 Å². The van der Waals surface area contributed by atoms with Crippen molar-refractivity contribution < 1.29 is 4.79 Å². The minimum Gasteiger partial charge on any atom is -0.368 e. The third-order valence-corrected chi connectivity index (χ3v) is 6.83. The molecular formula is C23H27N7O. The van der Waals surface area contributed by atoms with Crippen molar-refractivity contribution in [2.75, 3.05) is 41.3 Å². The first-order valence-electron chi connectivity index (χ1n) is 11.0. The number of urea groups is 1. The van der Waals surface area contributed by atoms with E-state index < -0.39 is 0 Å². The lowest BCUT2D eigenvalue weighted by Crippen LogP contribution is -2.52. The normalized spacial score (nSPS) is 19.2. The summed E-state index contributed by atoms with van der Waals surface area (Å²) >= 11 is 0. The molecule has 0 atom stereocenters. The van der Waals surface area contributed by atoms with E-state index in [0.717, 1.165) is 54.0 Å². The minimum atomic E-state index is -0.134. The highest BCUT2D eigenvalue weighted by molar-refractivity contribution is 6.04. The molecule has 1 aromatic carbocycles. The van der Waals surface area contributed by atoms with E-state index in [1.54, 1.807) is 9.58 Å². The molecule has 3 aromatic rings. The van der Waals surface area contributed by atoms with Gasteiger partial charge in [0.05, 0.1) is 5.52 Å². The number of aromatic nitrogens is 3. The van der Waals surface area contributed by atoms with E-state index in [-0.39, 0.29) is 6.03 Å². The highest BCUT2D eigenvalue weighted by atomic mass is 16.2. The number of carbonyl (C=O) groups excluding carboxylic acids is 1. The lowest BCUT2D eigenvalue weighted by Gasteiger charge is -2.36. The van der Waals surface area contributed by atoms with Crippen molar-refractivity contribution in [1.82, 2.24) is 20.1 Å². The van der Waals surface area contributed by atoms with Gasteiger partial charge in [0.2, 0.25) is 0 Å². The van der Waals surface area contributed by atoms with E-state index in [4.69, 9.17) is 0 Å². The Labute approximate surface area is 181 Å². The van der Waals surface area contributed by atoms with Crippen LogP contribution in [0.4, 0.5) is 22.0 Å². The molecule has 4 heterocycles. The van der Waals surface area contributed by atoms with Gasteiger partial charge in [-0.25, -0.2) is 9.78 Å². The zero-order valence-electron chi connectivity index (χ0n) is 18.0. The molecule has 31 heavy (non-hydrogen) atoms. The largest absolute Gasteiger partial charge is 0.368 e. The first-order chi connectivity index (χ1) is 15.0. The Kier molecular flexibility index (Phi) is 4.02. The molecule has 0 unspecified atom stereocenters. The van der Waals surface area contributed by atoms with Crippen LogP contribution in [0.1, 0.15) is 24.0 Å². The van der Waals surface area contributed by atoms with Gasteiger partial charge in [-0.3, -0.25) is 9.58 Å². The lowest BCUT2D eigenvalue weighted by molar-refractivity contribution is 0.257. The number of pyridine rings is 1. The molecule has 2 N–H and O–H groups in total. The predicted octanol–water partition coefficient (Wildman–Crippen LogP) is 2.81. The highest BCUT2D eigenvalue weighted by Gasteiger charge is 2.46. The van der Waals surface area contributed by atoms with Gasteiger partial charge in [-0.05, 0) is 49.9 Å². The number of rotatable bonds is 2. The minimum absolute atomic E-state index is 0.134. The van der Waals surface area contributed by atoms with Crippen molar-refractivity contribution in [3.05, 3.63) is 41.7 Å². The van der Waals surface area contributed by atoms with Crippen molar-refractivity contribution in [1.29, 1.82) is 0 Å². The van der Waals surface area contributed by atoms with Crippen LogP contribution in [-0.4, -0.2) is 52.5 Å². The van der Waals surface area contributed by atoms with Crippen LogP contribution in [0.15, 0.2) is 30.6 Å². The number of hydrogen-bond donors (Lipinski definition) is 2. The second-order valence-electron chi connectivity index (χ2n) is 9.13. The Morgan fingerprint density at radius 1 is 1.26 bits per heavy atom. The van der Waals surface area contributed by atoms with Gasteiger partial charge in [-0.15, -0.1) is 0 Å². The third kappa shape index (κ3) is 3.13. The molecule has 1 spiro atoms. The van der Waals surface area contributed by atoms with Gasteiger partial charge in [0.25, 0.3) is 0 Å². The van der Waals surface area contributed by atoms with Gasteiger partial charge in [-0.2, -0.15) is 5.10 Å². The van der Waals surface area contributed by atoms with Crippen LogP contribution < -0.4 is 20.4 Å². The van der Waals surface area contributed by atoms with Crippen molar-refractivity contribution >= 4 is 34.1 Å². The second-order valence-corrected chi connectivity index (χ2v) is 9.13. The van der Waals surface area contributed by atoms with Crippen molar-refractivity contribution in [3.63, 3.8) is 0 Å². The van der Waals surface area contributed by atoms with Gasteiger partial charge >= 0.3 is 6.03 Å². The van der Waals surface area contributed by atoms with Gasteiger partial charge in [0.1, 0.15) is 5.82 Å². The van der Waals surface area contributed by atoms with Crippen LogP contribution in [-0.2, 0) is 13.5 Å². The number of nitrogens with one attached hydrogen (secondary N) is 2. The fraction of sp³-hybridized carbons (Fsp3) is 0.435. The molecule has 2 fully saturated rings. The molecule has 8 nitrogen and oxygen atoms in total. The standard InChI is InChI=1S/C23H27N7O/c1-15-11-17(12-16-13-28(2)27-20(15)16)26-22(31)30-9-4-18-19(3-7-24-21(18)30)29-10-8-25-23(14-29)5-6-23/h3,7,11-13,25H,4-6,8-10,14H2,1-2H3,(H,26,31). The first-order valence-corrected chi connectivity index (χ1v) is 11.0. The summed E-state index contributed by atoms with van der Waals surface area (Å²) in [5.41, 5.74) is 5.53. The average Bonchev–Trinajstić information content (AvgIpc) is 3.17. The molecule has 1 saturated heterocycles. The maximum Gasteiger partial charge on any atom is 0.327 e. The summed E-state index contributed by atoms with van der Waals surface area (Å²) < 4.78 is 1.80. The van der Waals surface area contributed by atoms with Crippen LogP contribution in [0, 0.1) is 6.92 Å². The van der Waals surface area contributed by atoms with E-state index in [1.165, 1.54) is 24.1 Å². The Morgan fingerprint density at radius 3 is 2.97 bits per heavy atom. The van der Waals surface area contributed by atoms with Crippen LogP contribution in [0.2, 0.25) is 0 Å². The molecule has 1 saturated carbocycles. The molecule has 8 heteroatoms. The number of aryl methyl sites for hydroxylation is 2. The number of piperazine rings is 1. The highest BCUT2D eigenvalue weighted by Crippen LogP contribution is 2.41. The summed E-state index contributed by atoms with van der Waals surface area (Å²) in [4.78, 5) is 22.0. The predicted molar refractivity (Wildman–Crippen MR) is 122 cm³/mol. The molecule has 3 aliphatic rings. The molecule has 1 aliphatic carbocycles. The van der Waals surface area contributed by atoms with Crippen molar-refractivity contribution in [2.24, 2.45) is 7.05 Å². The Bertz CT molecular complexity index is 1200. The molecule has 2 amide bonds. The molecule has 0 bridgehead atoms. The Balaban J connectivity index is 1.25. The summed E-state index contributed by atoms with van der Waals surface area (Å²) in [5.74, 6) is 0.789. The first kappa shape index (κ1) is 18.6. The fourth-order valence-corrected chi connectivity index (χ4v) is 5.11. The maximum absolute atomic E-state index is 13.2. The summed E-state index contributed by atoms with van der Waals surface area (Å²) in [6, 6.07) is 5.93. The fourth-order valence-electron chi connectivity index (χ4n) is 5.11. The number of nitrogens with zero attached hydrogens (tertiary/aromatic N) is 5. The molecule has 2 aliphatic heterocycles. The van der Waals surface area contributed by atoms with Crippen LogP contribution in [0.3, 0.4) is 0 Å². The topological polar surface area (TPSA) is 78.3 Å². The molecule has 2 aromatic heterocycles. The van der Waals surface area contributed by atoms with E-state index in [2.05, 4.69) is 31.7 Å². The average molecular weight is 418 g/mol.